The molecule has 0 bridgehead atoms. The van der Waals surface area contributed by atoms with Crippen LogP contribution in [0.25, 0.3) is 0 Å². The first kappa shape index (κ1) is 14.3. The minimum absolute atomic E-state index is 0.334. The van der Waals surface area contributed by atoms with Crippen molar-refractivity contribution in [1.29, 1.82) is 0 Å². The van der Waals surface area contributed by atoms with Gasteiger partial charge in [0.2, 0.25) is 0 Å². The lowest BCUT2D eigenvalue weighted by Crippen LogP contribution is -2.29. The molecule has 1 saturated heterocycles. The molecular weight excluding hydrogens is 238 g/mol. The lowest BCUT2D eigenvalue weighted by molar-refractivity contribution is 0.0839. The zero-order valence-electron chi connectivity index (χ0n) is 12.2. The summed E-state index contributed by atoms with van der Waals surface area (Å²) in [6.45, 7) is 8.73. The summed E-state index contributed by atoms with van der Waals surface area (Å²) in [5.74, 6) is 0. The second-order valence-corrected chi connectivity index (χ2v) is 5.63. The molecule has 1 aromatic rings. The molecule has 0 spiro atoms. The van der Waals surface area contributed by atoms with Crippen LogP contribution in [0.5, 0.6) is 0 Å². The molecule has 0 aromatic carbocycles. The molecule has 1 aromatic heterocycles. The molecular formula is C15H25N3O. The average Bonchev–Trinajstić information content (AvgIpc) is 2.77. The van der Waals surface area contributed by atoms with Crippen LogP contribution in [-0.2, 0) is 0 Å². The number of hydrogen-bond donors (Lipinski definition) is 2. The number of hydrogen-bond acceptors (Lipinski definition) is 4. The zero-order chi connectivity index (χ0) is 13.9. The van der Waals surface area contributed by atoms with Crippen LogP contribution in [-0.4, -0.2) is 35.3 Å². The molecule has 2 unspecified atom stereocenters. The number of β-amino-alcohol motifs (C(OH)–C–C–N with tert-alkyl or cyclic N) is 1. The van der Waals surface area contributed by atoms with Crippen LogP contribution < -0.4 is 10.2 Å². The lowest BCUT2D eigenvalue weighted by Gasteiger charge is -2.21. The molecule has 0 aliphatic carbocycles. The third-order valence-corrected chi connectivity index (χ3v) is 3.80. The smallest absolute Gasteiger partial charge is 0.0810 e. The van der Waals surface area contributed by atoms with E-state index in [0.717, 1.165) is 37.3 Å². The van der Waals surface area contributed by atoms with Gasteiger partial charge >= 0.3 is 0 Å². The van der Waals surface area contributed by atoms with Crippen molar-refractivity contribution >= 4 is 5.69 Å². The second-order valence-electron chi connectivity index (χ2n) is 5.63. The predicted molar refractivity (Wildman–Crippen MR) is 78.4 cm³/mol. The number of aromatic nitrogens is 1. The van der Waals surface area contributed by atoms with Crippen LogP contribution in [0.2, 0.25) is 0 Å². The monoisotopic (exact) mass is 263 g/mol. The van der Waals surface area contributed by atoms with E-state index in [1.54, 1.807) is 0 Å². The van der Waals surface area contributed by atoms with Crippen LogP contribution in [0.3, 0.4) is 0 Å². The van der Waals surface area contributed by atoms with E-state index in [9.17, 15) is 5.11 Å². The van der Waals surface area contributed by atoms with Gasteiger partial charge in [-0.15, -0.1) is 0 Å². The highest BCUT2D eigenvalue weighted by molar-refractivity contribution is 5.46. The Morgan fingerprint density at radius 3 is 2.74 bits per heavy atom. The topological polar surface area (TPSA) is 48.4 Å². The summed E-state index contributed by atoms with van der Waals surface area (Å²) >= 11 is 0. The summed E-state index contributed by atoms with van der Waals surface area (Å²) < 4.78 is 0. The quantitative estimate of drug-likeness (QED) is 0.854. The van der Waals surface area contributed by atoms with Gasteiger partial charge in [-0.2, -0.15) is 0 Å². The Balaban J connectivity index is 2.06. The Morgan fingerprint density at radius 2 is 2.26 bits per heavy atom. The number of nitrogens with one attached hydrogen (secondary N) is 1. The van der Waals surface area contributed by atoms with E-state index in [4.69, 9.17) is 0 Å². The SMILES string of the molecule is CCNC(CC)c1ccc(N2CCC(C)(O)C2)cn1. The van der Waals surface area contributed by atoms with Crippen LogP contribution in [0.15, 0.2) is 18.3 Å². The third-order valence-electron chi connectivity index (χ3n) is 3.80. The Morgan fingerprint density at radius 1 is 1.47 bits per heavy atom. The molecule has 0 radical (unpaired) electrons. The number of nitrogens with zero attached hydrogens (tertiary/aromatic N) is 2. The van der Waals surface area contributed by atoms with Gasteiger partial charge in [0.15, 0.2) is 0 Å². The van der Waals surface area contributed by atoms with E-state index in [2.05, 4.69) is 41.2 Å². The molecule has 2 rings (SSSR count). The first-order valence-electron chi connectivity index (χ1n) is 7.22. The summed E-state index contributed by atoms with van der Waals surface area (Å²) in [5, 5.41) is 13.4. The van der Waals surface area contributed by atoms with Crippen molar-refractivity contribution in [2.75, 3.05) is 24.5 Å². The van der Waals surface area contributed by atoms with Gasteiger partial charge in [0.25, 0.3) is 0 Å². The normalized spacial score (nSPS) is 24.7. The number of anilines is 1. The third kappa shape index (κ3) is 3.45. The Hall–Kier alpha value is -1.13. The molecule has 1 fully saturated rings. The van der Waals surface area contributed by atoms with Gasteiger partial charge in [0.1, 0.15) is 0 Å². The summed E-state index contributed by atoms with van der Waals surface area (Å²) in [6.07, 6.45) is 3.79. The van der Waals surface area contributed by atoms with Gasteiger partial charge in [-0.1, -0.05) is 13.8 Å². The number of aliphatic hydroxyl groups is 1. The first-order chi connectivity index (χ1) is 9.05. The minimum atomic E-state index is -0.561. The van der Waals surface area contributed by atoms with E-state index in [1.165, 1.54) is 0 Å². The fourth-order valence-electron chi connectivity index (χ4n) is 2.66. The molecule has 106 valence electrons. The van der Waals surface area contributed by atoms with E-state index < -0.39 is 5.60 Å². The fraction of sp³-hybridized carbons (Fsp3) is 0.667. The molecule has 2 atom stereocenters. The van der Waals surface area contributed by atoms with Crippen molar-refractivity contribution in [3.05, 3.63) is 24.0 Å². The van der Waals surface area contributed by atoms with Crippen molar-refractivity contribution < 1.29 is 5.11 Å². The molecule has 2 N–H and O–H groups in total. The zero-order valence-corrected chi connectivity index (χ0v) is 12.2. The highest BCUT2D eigenvalue weighted by Crippen LogP contribution is 2.26. The maximum Gasteiger partial charge on any atom is 0.0810 e. The lowest BCUT2D eigenvalue weighted by atomic mass is 10.1. The average molecular weight is 263 g/mol. The molecule has 0 amide bonds. The molecule has 1 aliphatic rings. The molecule has 19 heavy (non-hydrogen) atoms. The van der Waals surface area contributed by atoms with Gasteiger partial charge in [-0.3, -0.25) is 4.98 Å². The first-order valence-corrected chi connectivity index (χ1v) is 7.22. The Kier molecular flexibility index (Phi) is 4.42. The fourth-order valence-corrected chi connectivity index (χ4v) is 2.66. The largest absolute Gasteiger partial charge is 0.388 e. The van der Waals surface area contributed by atoms with Crippen molar-refractivity contribution in [1.82, 2.24) is 10.3 Å². The van der Waals surface area contributed by atoms with E-state index >= 15 is 0 Å². The summed E-state index contributed by atoms with van der Waals surface area (Å²) in [6, 6.07) is 4.55. The van der Waals surface area contributed by atoms with Crippen LogP contribution in [0, 0.1) is 0 Å². The predicted octanol–water partition coefficient (Wildman–Crippen LogP) is 2.10. The van der Waals surface area contributed by atoms with E-state index in [1.807, 2.05) is 13.1 Å². The van der Waals surface area contributed by atoms with Gasteiger partial charge < -0.3 is 15.3 Å². The standard InChI is InChI=1S/C15H25N3O/c1-4-13(16-5-2)14-7-6-12(10-17-14)18-9-8-15(3,19)11-18/h6-7,10,13,16,19H,4-5,8-9,11H2,1-3H3. The Labute approximate surface area is 115 Å². The Bertz CT molecular complexity index is 402. The number of pyridine rings is 1. The van der Waals surface area contributed by atoms with Crippen molar-refractivity contribution in [3.8, 4) is 0 Å². The van der Waals surface area contributed by atoms with E-state index in [0.29, 0.717) is 12.6 Å². The van der Waals surface area contributed by atoms with Gasteiger partial charge in [-0.25, -0.2) is 0 Å². The molecule has 0 saturated carbocycles. The minimum Gasteiger partial charge on any atom is -0.388 e. The van der Waals surface area contributed by atoms with Crippen molar-refractivity contribution in [2.45, 2.75) is 45.3 Å². The van der Waals surface area contributed by atoms with Crippen LogP contribution in [0.1, 0.15) is 45.3 Å². The van der Waals surface area contributed by atoms with Crippen LogP contribution in [0.4, 0.5) is 5.69 Å². The highest BCUT2D eigenvalue weighted by atomic mass is 16.3. The summed E-state index contributed by atoms with van der Waals surface area (Å²) in [5.41, 5.74) is 1.64. The van der Waals surface area contributed by atoms with Gasteiger partial charge in [0, 0.05) is 19.1 Å². The van der Waals surface area contributed by atoms with Crippen LogP contribution >= 0.6 is 0 Å². The summed E-state index contributed by atoms with van der Waals surface area (Å²) in [4.78, 5) is 6.77. The second kappa shape index (κ2) is 5.88. The maximum atomic E-state index is 10.0. The number of rotatable bonds is 5. The van der Waals surface area contributed by atoms with Gasteiger partial charge in [0.05, 0.1) is 23.2 Å². The van der Waals surface area contributed by atoms with Gasteiger partial charge in [-0.05, 0) is 38.4 Å². The molecule has 4 nitrogen and oxygen atoms in total. The maximum absolute atomic E-state index is 10.0. The van der Waals surface area contributed by atoms with Crippen molar-refractivity contribution in [2.24, 2.45) is 0 Å². The molecule has 1 aliphatic heterocycles. The molecule has 4 heteroatoms. The van der Waals surface area contributed by atoms with E-state index in [-0.39, 0.29) is 0 Å². The molecule has 2 heterocycles. The highest BCUT2D eigenvalue weighted by Gasteiger charge is 2.31. The summed E-state index contributed by atoms with van der Waals surface area (Å²) in [7, 11) is 0. The van der Waals surface area contributed by atoms with Crippen molar-refractivity contribution in [3.63, 3.8) is 0 Å².